The highest BCUT2D eigenvalue weighted by molar-refractivity contribution is 6.05. The van der Waals surface area contributed by atoms with Crippen LogP contribution in [0.25, 0.3) is 0 Å². The maximum absolute atomic E-state index is 12.8. The minimum absolute atomic E-state index is 0.842. The molecule has 0 fully saturated rings. The van der Waals surface area contributed by atoms with Gasteiger partial charge in [-0.3, -0.25) is 4.79 Å². The maximum Gasteiger partial charge on any atom is 0.434 e. The molecule has 11 heteroatoms. The van der Waals surface area contributed by atoms with Gasteiger partial charge in [-0.25, -0.2) is 4.79 Å². The number of hydrogen-bond acceptors (Lipinski definition) is 3. The van der Waals surface area contributed by atoms with Crippen LogP contribution in [-0.2, 0) is 14.3 Å². The second-order valence-electron chi connectivity index (χ2n) is 3.22. The first kappa shape index (κ1) is 17.6. The summed E-state index contributed by atoms with van der Waals surface area (Å²) in [6, 6.07) is 0. The van der Waals surface area contributed by atoms with Gasteiger partial charge in [0.15, 0.2) is 0 Å². The number of carbonyl (C=O) groups excluding carboxylic acids is 2. The minimum atomic E-state index is -6.13. The van der Waals surface area contributed by atoms with Crippen LogP contribution in [-0.4, -0.2) is 36.1 Å². The third-order valence-corrected chi connectivity index (χ3v) is 1.75. The summed E-state index contributed by atoms with van der Waals surface area (Å²) in [5.74, 6) is -10.4. The second kappa shape index (κ2) is 5.29. The topological polar surface area (TPSA) is 43.4 Å². The van der Waals surface area contributed by atoms with Gasteiger partial charge >= 0.3 is 24.2 Å². The lowest BCUT2D eigenvalue weighted by molar-refractivity contribution is -0.317. The number of hydrogen-bond donors (Lipinski definition) is 0. The smallest absolute Gasteiger partial charge is 0.434 e. The van der Waals surface area contributed by atoms with Gasteiger partial charge in [0, 0.05) is 6.42 Å². The molecule has 0 amide bonds. The average Bonchev–Trinajstić information content (AvgIpc) is 2.20. The molecular formula is C8H6F8O3. The molecule has 19 heavy (non-hydrogen) atoms. The van der Waals surface area contributed by atoms with E-state index in [4.69, 9.17) is 0 Å². The number of alkyl halides is 8. The van der Waals surface area contributed by atoms with Crippen LogP contribution in [0.15, 0.2) is 0 Å². The molecule has 0 spiro atoms. The van der Waals surface area contributed by atoms with Crippen LogP contribution >= 0.6 is 0 Å². The number of halogens is 8. The zero-order valence-electron chi connectivity index (χ0n) is 9.03. The van der Waals surface area contributed by atoms with E-state index in [0.717, 1.165) is 6.92 Å². The van der Waals surface area contributed by atoms with Crippen LogP contribution in [0.3, 0.4) is 0 Å². The van der Waals surface area contributed by atoms with Crippen molar-refractivity contribution in [2.45, 2.75) is 37.7 Å². The quantitative estimate of drug-likeness (QED) is 0.455. The summed E-state index contributed by atoms with van der Waals surface area (Å²) < 4.78 is 99.8. The molecule has 0 N–H and O–H groups in total. The van der Waals surface area contributed by atoms with Crippen LogP contribution in [0.1, 0.15) is 13.3 Å². The Morgan fingerprint density at radius 3 is 1.58 bits per heavy atom. The summed E-state index contributed by atoms with van der Waals surface area (Å²) in [5, 5.41) is 0. The molecule has 0 bridgehead atoms. The predicted molar refractivity (Wildman–Crippen MR) is 42.2 cm³/mol. The van der Waals surface area contributed by atoms with E-state index in [1.54, 1.807) is 0 Å². The zero-order valence-corrected chi connectivity index (χ0v) is 9.03. The number of ketones is 1. The Morgan fingerprint density at radius 1 is 0.947 bits per heavy atom. The molecule has 0 atom stereocenters. The predicted octanol–water partition coefficient (Wildman–Crippen LogP) is 2.64. The summed E-state index contributed by atoms with van der Waals surface area (Å²) in [7, 11) is 0. The lowest BCUT2D eigenvalue weighted by Gasteiger charge is -2.24. The Bertz CT molecular complexity index is 342. The van der Waals surface area contributed by atoms with Crippen molar-refractivity contribution in [3.63, 3.8) is 0 Å². The third-order valence-electron chi connectivity index (χ3n) is 1.75. The van der Waals surface area contributed by atoms with Gasteiger partial charge in [0.2, 0.25) is 5.78 Å². The van der Waals surface area contributed by atoms with Crippen molar-refractivity contribution < 1.29 is 49.4 Å². The summed E-state index contributed by atoms with van der Waals surface area (Å²) >= 11 is 0. The van der Waals surface area contributed by atoms with Gasteiger partial charge in [-0.05, 0) is 0 Å². The highest BCUT2D eigenvalue weighted by Gasteiger charge is 2.62. The molecule has 0 saturated carbocycles. The Hall–Kier alpha value is -1.42. The molecule has 0 rings (SSSR count). The van der Waals surface area contributed by atoms with E-state index in [1.807, 2.05) is 0 Å². The lowest BCUT2D eigenvalue weighted by atomic mass is 10.2. The highest BCUT2D eigenvalue weighted by Crippen LogP contribution is 2.37. The van der Waals surface area contributed by atoms with E-state index >= 15 is 0 Å². The van der Waals surface area contributed by atoms with Crippen LogP contribution in [0.5, 0.6) is 0 Å². The molecule has 0 unspecified atom stereocenters. The summed E-state index contributed by atoms with van der Waals surface area (Å²) in [4.78, 5) is 21.1. The van der Waals surface area contributed by atoms with Crippen molar-refractivity contribution in [3.8, 4) is 0 Å². The Balaban J connectivity index is 5.20. The molecule has 0 aromatic heterocycles. The first-order chi connectivity index (χ1) is 8.24. The van der Waals surface area contributed by atoms with E-state index < -0.39 is 42.6 Å². The Morgan fingerprint density at radius 2 is 1.32 bits per heavy atom. The fraction of sp³-hybridized carbons (Fsp3) is 0.750. The van der Waals surface area contributed by atoms with E-state index in [0.29, 0.717) is 0 Å². The van der Waals surface area contributed by atoms with Gasteiger partial charge in [0.1, 0.15) is 0 Å². The first-order valence-corrected chi connectivity index (χ1v) is 4.50. The second-order valence-corrected chi connectivity index (χ2v) is 3.22. The SMILES string of the molecule is CCC(=O)C(F)(F)C(=O)OC(C(F)(F)F)C(F)(F)F. The largest absolute Gasteiger partial charge is 0.438 e. The van der Waals surface area contributed by atoms with Gasteiger partial charge < -0.3 is 4.74 Å². The zero-order chi connectivity index (χ0) is 15.6. The first-order valence-electron chi connectivity index (χ1n) is 4.50. The minimum Gasteiger partial charge on any atom is -0.438 e. The Kier molecular flexibility index (Phi) is 4.90. The number of carbonyl (C=O) groups is 2. The van der Waals surface area contributed by atoms with Gasteiger partial charge in [-0.15, -0.1) is 0 Å². The molecular weight excluding hydrogens is 296 g/mol. The maximum atomic E-state index is 12.8. The van der Waals surface area contributed by atoms with Crippen LogP contribution < -0.4 is 0 Å². The molecule has 0 aromatic rings. The van der Waals surface area contributed by atoms with Gasteiger partial charge in [0.05, 0.1) is 0 Å². The number of rotatable bonds is 4. The molecule has 0 aliphatic rings. The Labute approximate surface area is 100 Å². The molecule has 0 radical (unpaired) electrons. The van der Waals surface area contributed by atoms with E-state index in [-0.39, 0.29) is 0 Å². The van der Waals surface area contributed by atoms with E-state index in [9.17, 15) is 44.7 Å². The van der Waals surface area contributed by atoms with Gasteiger partial charge in [-0.1, -0.05) is 6.92 Å². The van der Waals surface area contributed by atoms with Crippen molar-refractivity contribution in [3.05, 3.63) is 0 Å². The van der Waals surface area contributed by atoms with Crippen LogP contribution in [0, 0.1) is 0 Å². The van der Waals surface area contributed by atoms with Crippen molar-refractivity contribution in [2.75, 3.05) is 0 Å². The standard InChI is InChI=1S/C8H6F8O3/c1-2-3(17)6(9,10)5(18)19-4(7(11,12)13)8(14,15)16/h4H,2H2,1H3. The molecule has 0 aromatic carbocycles. The fourth-order valence-corrected chi connectivity index (χ4v) is 0.836. The molecule has 0 heterocycles. The van der Waals surface area contributed by atoms with Gasteiger partial charge in [0.25, 0.3) is 6.10 Å². The third kappa shape index (κ3) is 4.31. The van der Waals surface area contributed by atoms with Crippen molar-refractivity contribution in [1.29, 1.82) is 0 Å². The van der Waals surface area contributed by atoms with Crippen molar-refractivity contribution in [2.24, 2.45) is 0 Å². The van der Waals surface area contributed by atoms with E-state index in [2.05, 4.69) is 4.74 Å². The van der Waals surface area contributed by atoms with Crippen molar-refractivity contribution in [1.82, 2.24) is 0 Å². The monoisotopic (exact) mass is 302 g/mol. The highest BCUT2D eigenvalue weighted by atomic mass is 19.4. The molecule has 0 aliphatic heterocycles. The molecule has 112 valence electrons. The lowest BCUT2D eigenvalue weighted by Crippen LogP contribution is -2.50. The van der Waals surface area contributed by atoms with Gasteiger partial charge in [-0.2, -0.15) is 35.1 Å². The fourth-order valence-electron chi connectivity index (χ4n) is 0.836. The number of ether oxygens (including phenoxy) is 1. The molecule has 0 saturated heterocycles. The van der Waals surface area contributed by atoms with E-state index in [1.165, 1.54) is 0 Å². The summed E-state index contributed by atoms with van der Waals surface area (Å²) in [6.45, 7) is 0.842. The van der Waals surface area contributed by atoms with Crippen LogP contribution in [0.4, 0.5) is 35.1 Å². The number of Topliss-reactive ketones (excluding diaryl/α,β-unsaturated/α-hetero) is 1. The van der Waals surface area contributed by atoms with Crippen molar-refractivity contribution >= 4 is 11.8 Å². The summed E-state index contributed by atoms with van der Waals surface area (Å²) in [6.07, 6.45) is -17.9. The molecule has 3 nitrogen and oxygen atoms in total. The summed E-state index contributed by atoms with van der Waals surface area (Å²) in [5.41, 5.74) is 0. The normalized spacial score (nSPS) is 13.6. The average molecular weight is 302 g/mol. The number of esters is 1. The van der Waals surface area contributed by atoms with Crippen LogP contribution in [0.2, 0.25) is 0 Å². The molecule has 0 aliphatic carbocycles.